The van der Waals surface area contributed by atoms with E-state index in [0.717, 1.165) is 40.6 Å². The van der Waals surface area contributed by atoms with Gasteiger partial charge in [-0.15, -0.1) is 0 Å². The molecule has 1 aromatic rings. The molecule has 0 unspecified atom stereocenters. The van der Waals surface area contributed by atoms with Gasteiger partial charge in [-0.05, 0) is 49.9 Å². The summed E-state index contributed by atoms with van der Waals surface area (Å²) in [4.78, 5) is 23.6. The quantitative estimate of drug-likeness (QED) is 0.888. The van der Waals surface area contributed by atoms with Crippen LogP contribution >= 0.6 is 15.9 Å². The van der Waals surface area contributed by atoms with E-state index >= 15 is 0 Å². The van der Waals surface area contributed by atoms with E-state index < -0.39 is 0 Å². The van der Waals surface area contributed by atoms with Crippen molar-refractivity contribution >= 4 is 33.4 Å². The average molecular weight is 337 g/mol. The van der Waals surface area contributed by atoms with Crippen LogP contribution in [0.5, 0.6) is 0 Å². The van der Waals surface area contributed by atoms with Gasteiger partial charge in [0, 0.05) is 15.7 Å². The van der Waals surface area contributed by atoms with Crippen molar-refractivity contribution in [2.75, 3.05) is 11.9 Å². The third-order valence-electron chi connectivity index (χ3n) is 3.20. The molecule has 5 heteroatoms. The van der Waals surface area contributed by atoms with Gasteiger partial charge < -0.3 is 10.6 Å². The van der Waals surface area contributed by atoms with Gasteiger partial charge in [0.25, 0.3) is 0 Å². The first kappa shape index (κ1) is 14.8. The zero-order valence-electron chi connectivity index (χ0n) is 11.3. The first-order valence-electron chi connectivity index (χ1n) is 6.59. The number of amides is 2. The first-order chi connectivity index (χ1) is 9.56. The van der Waals surface area contributed by atoms with Gasteiger partial charge in [0.2, 0.25) is 11.8 Å². The second kappa shape index (κ2) is 6.70. The number of hydrogen-bond acceptors (Lipinski definition) is 2. The average Bonchev–Trinajstić information content (AvgIpc) is 2.93. The lowest BCUT2D eigenvalue weighted by molar-refractivity contribution is -0.121. The molecule has 20 heavy (non-hydrogen) atoms. The van der Waals surface area contributed by atoms with E-state index in [9.17, 15) is 9.59 Å². The monoisotopic (exact) mass is 336 g/mol. The summed E-state index contributed by atoms with van der Waals surface area (Å²) < 4.78 is 0.967. The molecule has 0 fully saturated rings. The highest BCUT2D eigenvalue weighted by atomic mass is 79.9. The predicted molar refractivity (Wildman–Crippen MR) is 82.5 cm³/mol. The van der Waals surface area contributed by atoms with E-state index in [4.69, 9.17) is 0 Å². The van der Waals surface area contributed by atoms with Crippen molar-refractivity contribution in [3.63, 3.8) is 0 Å². The van der Waals surface area contributed by atoms with Crippen LogP contribution in [0.3, 0.4) is 0 Å². The Hall–Kier alpha value is -1.62. The van der Waals surface area contributed by atoms with Crippen LogP contribution in [0.2, 0.25) is 0 Å². The Balaban J connectivity index is 1.84. The maximum atomic E-state index is 11.8. The molecule has 0 spiro atoms. The molecule has 0 atom stereocenters. The van der Waals surface area contributed by atoms with E-state index in [1.807, 2.05) is 31.2 Å². The smallest absolute Gasteiger partial charge is 0.247 e. The highest BCUT2D eigenvalue weighted by molar-refractivity contribution is 9.10. The molecule has 0 bridgehead atoms. The van der Waals surface area contributed by atoms with E-state index in [1.165, 1.54) is 0 Å². The zero-order chi connectivity index (χ0) is 14.5. The molecule has 2 N–H and O–H groups in total. The topological polar surface area (TPSA) is 58.2 Å². The number of nitrogens with one attached hydrogen (secondary N) is 2. The van der Waals surface area contributed by atoms with Crippen molar-refractivity contribution < 1.29 is 9.59 Å². The molecule has 4 nitrogen and oxygen atoms in total. The van der Waals surface area contributed by atoms with E-state index in [2.05, 4.69) is 26.6 Å². The molecule has 0 aliphatic heterocycles. The Kier molecular flexibility index (Phi) is 4.95. The summed E-state index contributed by atoms with van der Waals surface area (Å²) in [7, 11) is 0. The molecule has 0 saturated heterocycles. The molecule has 1 aliphatic carbocycles. The van der Waals surface area contributed by atoms with Crippen LogP contribution in [0.1, 0.15) is 24.8 Å². The van der Waals surface area contributed by atoms with Crippen LogP contribution in [0, 0.1) is 6.92 Å². The van der Waals surface area contributed by atoms with Crippen molar-refractivity contribution in [3.05, 3.63) is 39.9 Å². The summed E-state index contributed by atoms with van der Waals surface area (Å²) in [5.41, 5.74) is 2.52. The molecule has 0 saturated carbocycles. The van der Waals surface area contributed by atoms with Gasteiger partial charge in [0.1, 0.15) is 0 Å². The summed E-state index contributed by atoms with van der Waals surface area (Å²) in [5, 5.41) is 5.44. The molecule has 106 valence electrons. The van der Waals surface area contributed by atoms with Gasteiger partial charge in [-0.25, -0.2) is 0 Å². The Labute approximate surface area is 126 Å². The lowest BCUT2D eigenvalue weighted by atomic mass is 10.2. The second-order valence-electron chi connectivity index (χ2n) is 4.81. The molecule has 1 aliphatic rings. The maximum Gasteiger partial charge on any atom is 0.247 e. The molecule has 0 heterocycles. The van der Waals surface area contributed by atoms with E-state index in [-0.39, 0.29) is 18.4 Å². The zero-order valence-corrected chi connectivity index (χ0v) is 12.9. The molecular weight excluding hydrogens is 320 g/mol. The molecular formula is C15H17BrN2O2. The third-order valence-corrected chi connectivity index (χ3v) is 3.70. The highest BCUT2D eigenvalue weighted by Crippen LogP contribution is 2.20. The van der Waals surface area contributed by atoms with Crippen molar-refractivity contribution in [3.8, 4) is 0 Å². The number of allylic oxidation sites excluding steroid dienone is 1. The molecule has 2 amide bonds. The van der Waals surface area contributed by atoms with Crippen molar-refractivity contribution in [2.45, 2.75) is 26.2 Å². The number of aryl methyl sites for hydroxylation is 1. The summed E-state index contributed by atoms with van der Waals surface area (Å²) in [6.45, 7) is 1.91. The Bertz CT molecular complexity index is 567. The number of halogens is 1. The molecule has 1 aromatic carbocycles. The maximum absolute atomic E-state index is 11.8. The Morgan fingerprint density at radius 3 is 2.80 bits per heavy atom. The number of anilines is 1. The van der Waals surface area contributed by atoms with Gasteiger partial charge in [-0.1, -0.05) is 22.0 Å². The highest BCUT2D eigenvalue weighted by Gasteiger charge is 2.14. The van der Waals surface area contributed by atoms with Crippen LogP contribution < -0.4 is 10.6 Å². The number of carbonyl (C=O) groups is 2. The molecule has 2 rings (SSSR count). The van der Waals surface area contributed by atoms with Crippen LogP contribution in [0.25, 0.3) is 0 Å². The van der Waals surface area contributed by atoms with E-state index in [0.29, 0.717) is 0 Å². The normalized spacial score (nSPS) is 13.8. The van der Waals surface area contributed by atoms with Crippen LogP contribution in [-0.4, -0.2) is 18.4 Å². The summed E-state index contributed by atoms with van der Waals surface area (Å²) in [5.74, 6) is -0.354. The van der Waals surface area contributed by atoms with Crippen molar-refractivity contribution in [1.82, 2.24) is 5.32 Å². The lowest BCUT2D eigenvalue weighted by Gasteiger charge is -2.10. The van der Waals surface area contributed by atoms with Gasteiger partial charge >= 0.3 is 0 Å². The SMILES string of the molecule is Cc1cc(Br)ccc1NC(=O)CNC(=O)C1=CCCC1. The largest absolute Gasteiger partial charge is 0.343 e. The first-order valence-corrected chi connectivity index (χ1v) is 7.39. The fourth-order valence-corrected chi connectivity index (χ4v) is 2.59. The fourth-order valence-electron chi connectivity index (χ4n) is 2.11. The minimum atomic E-state index is -0.220. The number of benzene rings is 1. The van der Waals surface area contributed by atoms with Crippen molar-refractivity contribution in [1.29, 1.82) is 0 Å². The fraction of sp³-hybridized carbons (Fsp3) is 0.333. The van der Waals surface area contributed by atoms with Gasteiger partial charge in [-0.3, -0.25) is 9.59 Å². The third kappa shape index (κ3) is 3.93. The van der Waals surface area contributed by atoms with Gasteiger partial charge in [0.05, 0.1) is 6.54 Å². The lowest BCUT2D eigenvalue weighted by Crippen LogP contribution is -2.33. The van der Waals surface area contributed by atoms with Gasteiger partial charge in [0.15, 0.2) is 0 Å². The van der Waals surface area contributed by atoms with Crippen LogP contribution in [0.15, 0.2) is 34.3 Å². The summed E-state index contributed by atoms with van der Waals surface area (Å²) in [6.07, 6.45) is 4.71. The van der Waals surface area contributed by atoms with Gasteiger partial charge in [-0.2, -0.15) is 0 Å². The molecule has 0 aromatic heterocycles. The number of hydrogen-bond donors (Lipinski definition) is 2. The second-order valence-corrected chi connectivity index (χ2v) is 5.73. The van der Waals surface area contributed by atoms with Crippen LogP contribution in [0.4, 0.5) is 5.69 Å². The van der Waals surface area contributed by atoms with Crippen LogP contribution in [-0.2, 0) is 9.59 Å². The van der Waals surface area contributed by atoms with Crippen molar-refractivity contribution in [2.24, 2.45) is 0 Å². The minimum Gasteiger partial charge on any atom is -0.343 e. The minimum absolute atomic E-state index is 0.00826. The number of carbonyl (C=O) groups excluding carboxylic acids is 2. The standard InChI is InChI=1S/C15H17BrN2O2/c1-10-8-12(16)6-7-13(10)18-14(19)9-17-15(20)11-4-2-3-5-11/h4,6-8H,2-3,5,9H2,1H3,(H,17,20)(H,18,19). The van der Waals surface area contributed by atoms with E-state index in [1.54, 1.807) is 0 Å². The number of rotatable bonds is 4. The summed E-state index contributed by atoms with van der Waals surface area (Å²) in [6, 6.07) is 5.63. The molecule has 0 radical (unpaired) electrons. The summed E-state index contributed by atoms with van der Waals surface area (Å²) >= 11 is 3.37. The predicted octanol–water partition coefficient (Wildman–Crippen LogP) is 2.92. The Morgan fingerprint density at radius 1 is 1.35 bits per heavy atom. The Morgan fingerprint density at radius 2 is 2.15 bits per heavy atom.